The van der Waals surface area contributed by atoms with Gasteiger partial charge in [0.05, 0.1) is 24.8 Å². The molecule has 0 aromatic heterocycles. The molecule has 2 rings (SSSR count). The van der Waals surface area contributed by atoms with Gasteiger partial charge in [0.25, 0.3) is 0 Å². The second-order valence-corrected chi connectivity index (χ2v) is 3.07. The minimum absolute atomic E-state index is 0.371. The maximum Gasteiger partial charge on any atom is 0.338 e. The normalized spacial score (nSPS) is 14.3. The van der Waals surface area contributed by atoms with Gasteiger partial charge in [-0.15, -0.1) is 0 Å². The molecule has 1 aliphatic rings. The molecule has 1 aliphatic heterocycles. The summed E-state index contributed by atoms with van der Waals surface area (Å²) < 4.78 is 10.0. The van der Waals surface area contributed by atoms with Crippen LogP contribution in [0.5, 0.6) is 0 Å². The molecule has 4 heteroatoms. The van der Waals surface area contributed by atoms with E-state index in [0.717, 1.165) is 0 Å². The van der Waals surface area contributed by atoms with Crippen molar-refractivity contribution in [3.05, 3.63) is 35.4 Å². The first kappa shape index (κ1) is 9.71. The molecule has 78 valence electrons. The molecule has 0 N–H and O–H groups in total. The third-order valence-corrected chi connectivity index (χ3v) is 2.15. The van der Waals surface area contributed by atoms with Crippen LogP contribution in [0.15, 0.2) is 29.3 Å². The zero-order valence-electron chi connectivity index (χ0n) is 8.40. The SMILES string of the molecule is COC(=O)c1ccccc1C1=NCCO1. The summed E-state index contributed by atoms with van der Waals surface area (Å²) in [7, 11) is 1.36. The topological polar surface area (TPSA) is 47.9 Å². The van der Waals surface area contributed by atoms with Crippen molar-refractivity contribution in [2.75, 3.05) is 20.3 Å². The molecule has 15 heavy (non-hydrogen) atoms. The van der Waals surface area contributed by atoms with Crippen molar-refractivity contribution in [3.8, 4) is 0 Å². The summed E-state index contributed by atoms with van der Waals surface area (Å²) in [5.74, 6) is 0.153. The monoisotopic (exact) mass is 205 g/mol. The van der Waals surface area contributed by atoms with Crippen LogP contribution in [0.25, 0.3) is 0 Å². The van der Waals surface area contributed by atoms with E-state index in [0.29, 0.717) is 30.2 Å². The molecule has 1 aromatic carbocycles. The molecule has 0 saturated carbocycles. The van der Waals surface area contributed by atoms with Gasteiger partial charge in [-0.1, -0.05) is 12.1 Å². The van der Waals surface area contributed by atoms with Crippen LogP contribution in [0.2, 0.25) is 0 Å². The van der Waals surface area contributed by atoms with E-state index in [9.17, 15) is 4.79 Å². The predicted octanol–water partition coefficient (Wildman–Crippen LogP) is 1.25. The number of aliphatic imine (C=N–C) groups is 1. The van der Waals surface area contributed by atoms with Crippen molar-refractivity contribution in [2.45, 2.75) is 0 Å². The standard InChI is InChI=1S/C11H11NO3/c1-14-11(13)9-5-3-2-4-8(9)10-12-6-7-15-10/h2-5H,6-7H2,1H3. The summed E-state index contributed by atoms with van der Waals surface area (Å²) in [5, 5.41) is 0. The summed E-state index contributed by atoms with van der Waals surface area (Å²) >= 11 is 0. The second-order valence-electron chi connectivity index (χ2n) is 3.07. The number of carbonyl (C=O) groups excluding carboxylic acids is 1. The molecule has 0 atom stereocenters. The van der Waals surface area contributed by atoms with Crippen LogP contribution < -0.4 is 0 Å². The zero-order valence-corrected chi connectivity index (χ0v) is 8.40. The van der Waals surface area contributed by atoms with Gasteiger partial charge in [-0.3, -0.25) is 0 Å². The number of benzene rings is 1. The van der Waals surface area contributed by atoms with Gasteiger partial charge in [0.15, 0.2) is 0 Å². The van der Waals surface area contributed by atoms with Gasteiger partial charge >= 0.3 is 5.97 Å². The highest BCUT2D eigenvalue weighted by atomic mass is 16.5. The number of esters is 1. The predicted molar refractivity (Wildman–Crippen MR) is 55.1 cm³/mol. The van der Waals surface area contributed by atoms with Gasteiger partial charge in [-0.05, 0) is 12.1 Å². The molecular weight excluding hydrogens is 194 g/mol. The lowest BCUT2D eigenvalue weighted by Gasteiger charge is -2.06. The Labute approximate surface area is 87.5 Å². The number of carbonyl (C=O) groups is 1. The third kappa shape index (κ3) is 1.83. The Morgan fingerprint density at radius 2 is 2.27 bits per heavy atom. The van der Waals surface area contributed by atoms with Gasteiger partial charge in [0.1, 0.15) is 6.61 Å². The maximum atomic E-state index is 11.5. The number of nitrogens with zero attached hydrogens (tertiary/aromatic N) is 1. The Bertz CT molecular complexity index is 412. The molecule has 0 amide bonds. The average molecular weight is 205 g/mol. The van der Waals surface area contributed by atoms with E-state index in [1.54, 1.807) is 18.2 Å². The smallest absolute Gasteiger partial charge is 0.338 e. The Morgan fingerprint density at radius 3 is 2.93 bits per heavy atom. The minimum Gasteiger partial charge on any atom is -0.475 e. The highest BCUT2D eigenvalue weighted by Gasteiger charge is 2.18. The van der Waals surface area contributed by atoms with E-state index in [2.05, 4.69) is 9.73 Å². The first-order chi connectivity index (χ1) is 7.33. The van der Waals surface area contributed by atoms with E-state index in [4.69, 9.17) is 4.74 Å². The van der Waals surface area contributed by atoms with Crippen molar-refractivity contribution in [1.82, 2.24) is 0 Å². The quantitative estimate of drug-likeness (QED) is 0.683. The summed E-state index contributed by atoms with van der Waals surface area (Å²) in [6, 6.07) is 7.12. The second kappa shape index (κ2) is 4.13. The molecule has 0 saturated heterocycles. The van der Waals surface area contributed by atoms with Crippen molar-refractivity contribution in [3.63, 3.8) is 0 Å². The Kier molecular flexibility index (Phi) is 2.67. The zero-order chi connectivity index (χ0) is 10.7. The first-order valence-electron chi connectivity index (χ1n) is 4.68. The molecular formula is C11H11NO3. The van der Waals surface area contributed by atoms with E-state index in [1.165, 1.54) is 7.11 Å². The molecule has 0 radical (unpaired) electrons. The van der Waals surface area contributed by atoms with Crippen LogP contribution in [-0.2, 0) is 9.47 Å². The third-order valence-electron chi connectivity index (χ3n) is 2.15. The van der Waals surface area contributed by atoms with Gasteiger partial charge < -0.3 is 9.47 Å². The highest BCUT2D eigenvalue weighted by Crippen LogP contribution is 2.14. The van der Waals surface area contributed by atoms with Crippen LogP contribution in [-0.4, -0.2) is 32.1 Å². The number of hydrogen-bond donors (Lipinski definition) is 0. The van der Waals surface area contributed by atoms with Crippen LogP contribution in [0.3, 0.4) is 0 Å². The first-order valence-corrected chi connectivity index (χ1v) is 4.68. The van der Waals surface area contributed by atoms with Crippen molar-refractivity contribution in [2.24, 2.45) is 4.99 Å². The largest absolute Gasteiger partial charge is 0.475 e. The fourth-order valence-corrected chi connectivity index (χ4v) is 1.46. The summed E-state index contributed by atoms with van der Waals surface area (Å²) in [6.07, 6.45) is 0. The number of ether oxygens (including phenoxy) is 2. The maximum absolute atomic E-state index is 11.5. The van der Waals surface area contributed by atoms with Crippen molar-refractivity contribution >= 4 is 11.9 Å². The molecule has 1 aromatic rings. The number of hydrogen-bond acceptors (Lipinski definition) is 4. The fraction of sp³-hybridized carbons (Fsp3) is 0.273. The van der Waals surface area contributed by atoms with E-state index >= 15 is 0 Å². The average Bonchev–Trinajstić information content (AvgIpc) is 2.81. The summed E-state index contributed by atoms with van der Waals surface area (Å²) in [4.78, 5) is 15.6. The molecule has 0 aliphatic carbocycles. The van der Waals surface area contributed by atoms with Gasteiger partial charge in [0, 0.05) is 0 Å². The molecule has 0 bridgehead atoms. The molecule has 0 spiro atoms. The lowest BCUT2D eigenvalue weighted by atomic mass is 10.1. The van der Waals surface area contributed by atoms with Crippen LogP contribution in [0.4, 0.5) is 0 Å². The van der Waals surface area contributed by atoms with Crippen LogP contribution >= 0.6 is 0 Å². The van der Waals surface area contributed by atoms with Crippen LogP contribution in [0.1, 0.15) is 15.9 Å². The summed E-state index contributed by atoms with van der Waals surface area (Å²) in [5.41, 5.74) is 1.18. The lowest BCUT2D eigenvalue weighted by molar-refractivity contribution is 0.0600. The molecule has 1 heterocycles. The minimum atomic E-state index is -0.371. The van der Waals surface area contributed by atoms with Crippen LogP contribution in [0, 0.1) is 0 Å². The Balaban J connectivity index is 2.41. The van der Waals surface area contributed by atoms with E-state index in [-0.39, 0.29) is 5.97 Å². The summed E-state index contributed by atoms with van der Waals surface area (Å²) in [6.45, 7) is 1.22. The Morgan fingerprint density at radius 1 is 1.47 bits per heavy atom. The van der Waals surface area contributed by atoms with E-state index < -0.39 is 0 Å². The Hall–Kier alpha value is -1.84. The lowest BCUT2D eigenvalue weighted by Crippen LogP contribution is -2.11. The van der Waals surface area contributed by atoms with Crippen molar-refractivity contribution < 1.29 is 14.3 Å². The van der Waals surface area contributed by atoms with E-state index in [1.807, 2.05) is 6.07 Å². The molecule has 4 nitrogen and oxygen atoms in total. The van der Waals surface area contributed by atoms with Gasteiger partial charge in [-0.25, -0.2) is 9.79 Å². The fourth-order valence-electron chi connectivity index (χ4n) is 1.46. The number of methoxy groups -OCH3 is 1. The highest BCUT2D eigenvalue weighted by molar-refractivity contribution is 6.05. The van der Waals surface area contributed by atoms with Gasteiger partial charge in [-0.2, -0.15) is 0 Å². The molecule has 0 unspecified atom stereocenters. The number of rotatable bonds is 2. The van der Waals surface area contributed by atoms with Gasteiger partial charge in [0.2, 0.25) is 5.90 Å². The van der Waals surface area contributed by atoms with Crippen molar-refractivity contribution in [1.29, 1.82) is 0 Å². The molecule has 0 fully saturated rings.